The monoisotopic (exact) mass is 537 g/mol. The zero-order valence-electron chi connectivity index (χ0n) is 20.4. The van der Waals surface area contributed by atoms with E-state index >= 15 is 0 Å². The van der Waals surface area contributed by atoms with Crippen LogP contribution in [-0.2, 0) is 9.59 Å². The van der Waals surface area contributed by atoms with Gasteiger partial charge in [-0.25, -0.2) is 9.69 Å². The molecule has 0 spiro atoms. The molecule has 182 valence electrons. The lowest BCUT2D eigenvalue weighted by Crippen LogP contribution is -2.54. The Kier molecular flexibility index (Phi) is 6.60. The molecule has 1 saturated heterocycles. The van der Waals surface area contributed by atoms with Crippen molar-refractivity contribution in [1.82, 2.24) is 5.32 Å². The predicted molar refractivity (Wildman–Crippen MR) is 142 cm³/mol. The zero-order chi connectivity index (χ0) is 25.5. The van der Waals surface area contributed by atoms with E-state index in [0.29, 0.717) is 17.0 Å². The van der Waals surface area contributed by atoms with E-state index in [-0.39, 0.29) is 11.1 Å². The second-order valence-electron chi connectivity index (χ2n) is 9.18. The number of hydrogen-bond acceptors (Lipinski definition) is 5. The van der Waals surface area contributed by atoms with Crippen LogP contribution in [0.25, 0.3) is 11.6 Å². The van der Waals surface area contributed by atoms with Crippen molar-refractivity contribution in [3.8, 4) is 5.75 Å². The van der Waals surface area contributed by atoms with Gasteiger partial charge in [0.15, 0.2) is 0 Å². The molecule has 0 saturated carbocycles. The molecular weight excluding hydrogens is 510 g/mol. The summed E-state index contributed by atoms with van der Waals surface area (Å²) in [5.41, 5.74) is 3.79. The van der Waals surface area contributed by atoms with Crippen LogP contribution in [0.3, 0.4) is 0 Å². The number of ether oxygens (including phenoxy) is 1. The third kappa shape index (κ3) is 4.50. The Balaban J connectivity index is 1.82. The lowest BCUT2D eigenvalue weighted by molar-refractivity contribution is -0.122. The molecule has 35 heavy (non-hydrogen) atoms. The number of carbonyl (C=O) groups is 3. The van der Waals surface area contributed by atoms with Crippen molar-refractivity contribution in [2.75, 3.05) is 23.5 Å². The first-order chi connectivity index (χ1) is 16.6. The molecule has 0 radical (unpaired) electrons. The third-order valence-corrected chi connectivity index (χ3v) is 6.79. The van der Waals surface area contributed by atoms with Gasteiger partial charge in [-0.05, 0) is 69.2 Å². The fraction of sp³-hybridized carbons (Fsp3) is 0.296. The molecule has 7 nitrogen and oxygen atoms in total. The average Bonchev–Trinajstić information content (AvgIpc) is 2.80. The van der Waals surface area contributed by atoms with Gasteiger partial charge in [-0.2, -0.15) is 0 Å². The van der Waals surface area contributed by atoms with E-state index in [1.807, 2.05) is 12.1 Å². The molecule has 2 heterocycles. The second-order valence-corrected chi connectivity index (χ2v) is 10.1. The Hall–Kier alpha value is -3.39. The molecule has 0 unspecified atom stereocenters. The molecule has 1 fully saturated rings. The molecule has 2 aliphatic heterocycles. The van der Waals surface area contributed by atoms with Gasteiger partial charge < -0.3 is 9.64 Å². The molecule has 1 N–H and O–H groups in total. The smallest absolute Gasteiger partial charge is 0.335 e. The number of methoxy groups -OCH3 is 1. The first-order valence-corrected chi connectivity index (χ1v) is 12.2. The fourth-order valence-corrected chi connectivity index (χ4v) is 4.94. The number of amides is 4. The Bertz CT molecular complexity index is 1280. The summed E-state index contributed by atoms with van der Waals surface area (Å²) in [5, 5.41) is 2.27. The van der Waals surface area contributed by atoms with Gasteiger partial charge in [0.05, 0.1) is 18.3 Å². The highest BCUT2D eigenvalue weighted by molar-refractivity contribution is 9.10. The average molecular weight is 538 g/mol. The van der Waals surface area contributed by atoms with Gasteiger partial charge in [-0.3, -0.25) is 14.9 Å². The maximum Gasteiger partial charge on any atom is 0.335 e. The minimum absolute atomic E-state index is 0.144. The molecular formula is C27H28BrN3O4. The Morgan fingerprint density at radius 2 is 1.80 bits per heavy atom. The number of benzene rings is 2. The number of allylic oxidation sites excluding steroid dienone is 1. The van der Waals surface area contributed by atoms with Gasteiger partial charge in [0.2, 0.25) is 0 Å². The molecule has 0 aromatic heterocycles. The van der Waals surface area contributed by atoms with E-state index < -0.39 is 17.8 Å². The Morgan fingerprint density at radius 1 is 1.11 bits per heavy atom. The van der Waals surface area contributed by atoms with Gasteiger partial charge in [0.1, 0.15) is 11.3 Å². The van der Waals surface area contributed by atoms with E-state index in [1.165, 1.54) is 6.08 Å². The number of nitrogens with one attached hydrogen (secondary N) is 1. The van der Waals surface area contributed by atoms with Crippen LogP contribution in [-0.4, -0.2) is 37.0 Å². The SMILES string of the molecule is CCCN1c2cc(OC)c(/C=C3/C(=O)NC(=O)N(c4ccc(Br)cc4)C3=O)cc2C(C)=CC1(C)C. The van der Waals surface area contributed by atoms with Crippen LogP contribution < -0.4 is 19.9 Å². The summed E-state index contributed by atoms with van der Waals surface area (Å²) >= 11 is 3.35. The van der Waals surface area contributed by atoms with Crippen LogP contribution in [0.15, 0.2) is 52.5 Å². The van der Waals surface area contributed by atoms with E-state index in [1.54, 1.807) is 31.4 Å². The molecule has 0 bridgehead atoms. The molecule has 4 amide bonds. The Labute approximate surface area is 213 Å². The van der Waals surface area contributed by atoms with Crippen LogP contribution in [0, 0.1) is 0 Å². The third-order valence-electron chi connectivity index (χ3n) is 6.26. The summed E-state index contributed by atoms with van der Waals surface area (Å²) in [7, 11) is 1.56. The van der Waals surface area contributed by atoms with Crippen molar-refractivity contribution in [2.24, 2.45) is 0 Å². The van der Waals surface area contributed by atoms with Crippen molar-refractivity contribution in [3.05, 3.63) is 63.6 Å². The van der Waals surface area contributed by atoms with Crippen molar-refractivity contribution >= 4 is 56.8 Å². The Morgan fingerprint density at radius 3 is 2.43 bits per heavy atom. The van der Waals surface area contributed by atoms with E-state index in [4.69, 9.17) is 4.74 Å². The minimum atomic E-state index is -0.784. The van der Waals surface area contributed by atoms with Crippen molar-refractivity contribution in [1.29, 1.82) is 0 Å². The van der Waals surface area contributed by atoms with E-state index in [0.717, 1.165) is 39.2 Å². The first kappa shape index (κ1) is 24.7. The van der Waals surface area contributed by atoms with Crippen LogP contribution >= 0.6 is 15.9 Å². The number of imide groups is 2. The van der Waals surface area contributed by atoms with Gasteiger partial charge >= 0.3 is 6.03 Å². The van der Waals surface area contributed by atoms with Gasteiger partial charge in [0.25, 0.3) is 11.8 Å². The molecule has 2 aromatic carbocycles. The highest BCUT2D eigenvalue weighted by Crippen LogP contribution is 2.43. The number of hydrogen-bond donors (Lipinski definition) is 1. The number of barbiturate groups is 1. The highest BCUT2D eigenvalue weighted by atomic mass is 79.9. The van der Waals surface area contributed by atoms with Crippen molar-refractivity contribution in [3.63, 3.8) is 0 Å². The summed E-state index contributed by atoms with van der Waals surface area (Å²) in [5.74, 6) is -0.897. The molecule has 0 aliphatic carbocycles. The summed E-state index contributed by atoms with van der Waals surface area (Å²) in [6.07, 6.45) is 4.70. The minimum Gasteiger partial charge on any atom is -0.496 e. The topological polar surface area (TPSA) is 79.0 Å². The predicted octanol–water partition coefficient (Wildman–Crippen LogP) is 5.54. The van der Waals surface area contributed by atoms with Crippen molar-refractivity contribution < 1.29 is 19.1 Å². The number of halogens is 1. The number of carbonyl (C=O) groups excluding carboxylic acids is 3. The fourth-order valence-electron chi connectivity index (χ4n) is 4.68. The molecule has 8 heteroatoms. The number of urea groups is 1. The van der Waals surface area contributed by atoms with E-state index in [9.17, 15) is 14.4 Å². The molecule has 2 aromatic rings. The highest BCUT2D eigenvalue weighted by Gasteiger charge is 2.37. The maximum atomic E-state index is 13.3. The molecule has 0 atom stereocenters. The van der Waals surface area contributed by atoms with Crippen LogP contribution in [0.4, 0.5) is 16.2 Å². The van der Waals surface area contributed by atoms with Gasteiger partial charge in [0, 0.05) is 33.9 Å². The largest absolute Gasteiger partial charge is 0.496 e. The van der Waals surface area contributed by atoms with Gasteiger partial charge in [-0.15, -0.1) is 0 Å². The first-order valence-electron chi connectivity index (χ1n) is 11.4. The normalized spacial score (nSPS) is 18.4. The van der Waals surface area contributed by atoms with Crippen LogP contribution in [0.2, 0.25) is 0 Å². The number of fused-ring (bicyclic) bond motifs is 1. The second kappa shape index (κ2) is 9.34. The summed E-state index contributed by atoms with van der Waals surface area (Å²) < 4.78 is 6.49. The number of anilines is 2. The number of rotatable bonds is 5. The lowest BCUT2D eigenvalue weighted by Gasteiger charge is -2.43. The van der Waals surface area contributed by atoms with Gasteiger partial charge in [-0.1, -0.05) is 28.9 Å². The van der Waals surface area contributed by atoms with E-state index in [2.05, 4.69) is 59.9 Å². The standard InChI is InChI=1S/C27H28BrN3O4/c1-6-11-30-22-14-23(35-5)17(12-20(22)16(2)15-27(30,3)4)13-21-24(32)29-26(34)31(25(21)33)19-9-7-18(28)8-10-19/h7-10,12-15H,6,11H2,1-5H3,(H,29,32,34)/b21-13-. The molecule has 4 rings (SSSR count). The summed E-state index contributed by atoms with van der Waals surface area (Å²) in [4.78, 5) is 41.8. The number of nitrogens with zero attached hydrogens (tertiary/aromatic N) is 2. The zero-order valence-corrected chi connectivity index (χ0v) is 22.0. The van der Waals surface area contributed by atoms with Crippen LogP contribution in [0.5, 0.6) is 5.75 Å². The summed E-state index contributed by atoms with van der Waals surface area (Å²) in [6, 6.07) is 9.82. The van der Waals surface area contributed by atoms with Crippen molar-refractivity contribution in [2.45, 2.75) is 39.7 Å². The summed E-state index contributed by atoms with van der Waals surface area (Å²) in [6.45, 7) is 9.42. The molecule has 2 aliphatic rings. The van der Waals surface area contributed by atoms with Crippen LogP contribution in [0.1, 0.15) is 45.2 Å². The maximum absolute atomic E-state index is 13.3. The lowest BCUT2D eigenvalue weighted by atomic mass is 9.87. The quantitative estimate of drug-likeness (QED) is 0.400.